The largest absolute Gasteiger partial charge is 0.508 e. The number of fused-ring (bicyclic) bond motifs is 3. The molecule has 2 aliphatic heterocycles. The molecule has 1 aliphatic carbocycles. The maximum atomic E-state index is 16.8. The Hall–Kier alpha value is -3.60. The van der Waals surface area contributed by atoms with Crippen LogP contribution in [0.5, 0.6) is 11.8 Å². The minimum absolute atomic E-state index is 0.0249. The first kappa shape index (κ1) is 29.1. The van der Waals surface area contributed by atoms with Crippen molar-refractivity contribution in [2.45, 2.75) is 57.6 Å². The van der Waals surface area contributed by atoms with Crippen LogP contribution in [0.4, 0.5) is 10.2 Å². The number of aromatic nitrogens is 3. The van der Waals surface area contributed by atoms with Crippen LogP contribution in [0.1, 0.15) is 44.6 Å². The number of nitrogens with zero attached hydrogens (tertiary/aromatic N) is 5. The summed E-state index contributed by atoms with van der Waals surface area (Å²) in [5.41, 5.74) is 1.78. The Bertz CT molecular complexity index is 1700. The number of phenols is 1. The van der Waals surface area contributed by atoms with Gasteiger partial charge in [-0.1, -0.05) is 31.5 Å². The fraction of sp³-hybridized carbons (Fsp3) is 0.500. The Morgan fingerprint density at radius 3 is 2.89 bits per heavy atom. The van der Waals surface area contributed by atoms with Crippen molar-refractivity contribution in [3.05, 3.63) is 47.9 Å². The number of aliphatic hydroxyl groups excluding tert-OH is 1. The Morgan fingerprint density at radius 2 is 2.02 bits per heavy atom. The predicted octanol–water partition coefficient (Wildman–Crippen LogP) is 5.09. The number of β-amino-alcohol motifs (C(OH)–C–C–N with tert-alkyl or cyclic N) is 1. The molecule has 0 spiro atoms. The Morgan fingerprint density at radius 1 is 1.16 bits per heavy atom. The van der Waals surface area contributed by atoms with Gasteiger partial charge in [-0.25, -0.2) is 4.39 Å². The number of piperidine rings is 1. The van der Waals surface area contributed by atoms with E-state index >= 15 is 4.39 Å². The van der Waals surface area contributed by atoms with E-state index in [-0.39, 0.29) is 41.5 Å². The molecular formula is C34H40FN5O4. The Labute approximate surface area is 256 Å². The molecule has 3 aliphatic rings. The second kappa shape index (κ2) is 11.7. The van der Waals surface area contributed by atoms with Crippen LogP contribution in [0.25, 0.3) is 32.9 Å². The molecule has 3 atom stereocenters. The van der Waals surface area contributed by atoms with Gasteiger partial charge < -0.3 is 29.5 Å². The third-order valence-corrected chi connectivity index (χ3v) is 9.94. The first-order valence-electron chi connectivity index (χ1n) is 15.8. The average molecular weight is 602 g/mol. The summed E-state index contributed by atoms with van der Waals surface area (Å²) in [6.45, 7) is 4.99. The molecule has 3 fully saturated rings. The number of aryl methyl sites for hydroxylation is 1. The summed E-state index contributed by atoms with van der Waals surface area (Å²) >= 11 is 0. The van der Waals surface area contributed by atoms with E-state index in [2.05, 4.69) is 28.8 Å². The second-order valence-electron chi connectivity index (χ2n) is 12.7. The molecule has 2 saturated heterocycles. The number of rotatable bonds is 6. The molecule has 0 radical (unpaired) electrons. The van der Waals surface area contributed by atoms with Gasteiger partial charge in [0.1, 0.15) is 22.8 Å². The summed E-state index contributed by atoms with van der Waals surface area (Å²) in [6.07, 6.45) is 7.23. The molecule has 0 bridgehead atoms. The number of benzene rings is 2. The highest BCUT2D eigenvalue weighted by Crippen LogP contribution is 2.47. The summed E-state index contributed by atoms with van der Waals surface area (Å²) in [5, 5.41) is 23.2. The van der Waals surface area contributed by atoms with Gasteiger partial charge in [0.15, 0.2) is 5.82 Å². The third-order valence-electron chi connectivity index (χ3n) is 9.94. The van der Waals surface area contributed by atoms with Gasteiger partial charge in [0.2, 0.25) is 0 Å². The van der Waals surface area contributed by atoms with Crippen molar-refractivity contribution >= 4 is 27.5 Å². The standard InChI is InChI=1S/C34H40FN5O4/c1-3-21-7-4-8-22-15-23(41)16-25(28(21)22)30-29(35)31-26(17-36-30)32(40-13-14-43-19-24(42)18-40)38-33(37-31)44-20-34-10-5-9-27(34)39(2)12-6-11-34/h4,7-8,15-17,24,27,41-42H,3,5-6,9-14,18-20H2,1-2H3. The van der Waals surface area contributed by atoms with Crippen LogP contribution in [0, 0.1) is 11.2 Å². The van der Waals surface area contributed by atoms with Crippen molar-refractivity contribution < 1.29 is 24.1 Å². The molecule has 3 unspecified atom stereocenters. The van der Waals surface area contributed by atoms with Crippen molar-refractivity contribution in [2.24, 2.45) is 5.41 Å². The molecule has 4 heterocycles. The molecule has 2 aromatic heterocycles. The minimum Gasteiger partial charge on any atom is -0.508 e. The van der Waals surface area contributed by atoms with E-state index in [4.69, 9.17) is 14.5 Å². The molecule has 232 valence electrons. The van der Waals surface area contributed by atoms with Crippen LogP contribution < -0.4 is 9.64 Å². The molecule has 44 heavy (non-hydrogen) atoms. The lowest BCUT2D eigenvalue weighted by molar-refractivity contribution is 0.0133. The van der Waals surface area contributed by atoms with E-state index in [1.54, 1.807) is 18.3 Å². The molecule has 4 aromatic rings. The minimum atomic E-state index is -0.717. The molecule has 2 aromatic carbocycles. The average Bonchev–Trinajstić information content (AvgIpc) is 3.34. The van der Waals surface area contributed by atoms with Gasteiger partial charge in [-0.05, 0) is 74.2 Å². The second-order valence-corrected chi connectivity index (χ2v) is 12.7. The smallest absolute Gasteiger partial charge is 0.319 e. The summed E-state index contributed by atoms with van der Waals surface area (Å²) in [4.78, 5) is 18.5. The SMILES string of the molecule is CCc1cccc2cc(O)cc(-c3ncc4c(N5CCOCC(O)C5)nc(OCC56CCCC5N(C)CCC6)nc4c3F)c12. The first-order chi connectivity index (χ1) is 21.4. The maximum Gasteiger partial charge on any atom is 0.319 e. The van der Waals surface area contributed by atoms with E-state index in [0.29, 0.717) is 42.6 Å². The van der Waals surface area contributed by atoms with Crippen LogP contribution in [-0.2, 0) is 11.2 Å². The highest BCUT2D eigenvalue weighted by Gasteiger charge is 2.47. The number of hydrogen-bond donors (Lipinski definition) is 2. The summed E-state index contributed by atoms with van der Waals surface area (Å²) in [6, 6.07) is 9.69. The van der Waals surface area contributed by atoms with Crippen LogP contribution in [0.3, 0.4) is 0 Å². The zero-order chi connectivity index (χ0) is 30.4. The van der Waals surface area contributed by atoms with Gasteiger partial charge in [-0.3, -0.25) is 4.98 Å². The Balaban J connectivity index is 1.36. The van der Waals surface area contributed by atoms with Gasteiger partial charge in [0.05, 0.1) is 31.3 Å². The number of phenolic OH excluding ortho intramolecular Hbond substituents is 1. The van der Waals surface area contributed by atoms with Gasteiger partial charge >= 0.3 is 6.01 Å². The molecule has 2 N–H and O–H groups in total. The maximum absolute atomic E-state index is 16.8. The summed E-state index contributed by atoms with van der Waals surface area (Å²) < 4.78 is 28.8. The van der Waals surface area contributed by atoms with Crippen LogP contribution in [-0.4, -0.2) is 88.7 Å². The van der Waals surface area contributed by atoms with Gasteiger partial charge in [0, 0.05) is 36.3 Å². The van der Waals surface area contributed by atoms with Crippen molar-refractivity contribution in [3.63, 3.8) is 0 Å². The number of ether oxygens (including phenoxy) is 2. The molecule has 1 saturated carbocycles. The molecule has 7 rings (SSSR count). The van der Waals surface area contributed by atoms with E-state index in [1.807, 2.05) is 23.1 Å². The van der Waals surface area contributed by atoms with Crippen LogP contribution in [0.15, 0.2) is 36.5 Å². The summed E-state index contributed by atoms with van der Waals surface area (Å²) in [5.74, 6) is -0.102. The van der Waals surface area contributed by atoms with Gasteiger partial charge in [-0.2, -0.15) is 9.97 Å². The number of anilines is 1. The lowest BCUT2D eigenvalue weighted by Crippen LogP contribution is -2.50. The third kappa shape index (κ3) is 5.12. The number of hydrogen-bond acceptors (Lipinski definition) is 9. The molecular weight excluding hydrogens is 561 g/mol. The highest BCUT2D eigenvalue weighted by atomic mass is 19.1. The first-order valence-corrected chi connectivity index (χ1v) is 15.8. The van der Waals surface area contributed by atoms with E-state index in [1.165, 1.54) is 0 Å². The van der Waals surface area contributed by atoms with E-state index in [0.717, 1.165) is 61.4 Å². The Kier molecular flexibility index (Phi) is 7.76. The number of likely N-dealkylation sites (tertiary alicyclic amines) is 1. The number of pyridine rings is 1. The number of halogens is 1. The van der Waals surface area contributed by atoms with Crippen molar-refractivity contribution in [1.82, 2.24) is 19.9 Å². The van der Waals surface area contributed by atoms with Gasteiger partial charge in [-0.15, -0.1) is 0 Å². The van der Waals surface area contributed by atoms with Crippen molar-refractivity contribution in [2.75, 3.05) is 51.4 Å². The quantitative estimate of drug-likeness (QED) is 0.313. The van der Waals surface area contributed by atoms with Crippen LogP contribution >= 0.6 is 0 Å². The molecule has 0 amide bonds. The van der Waals surface area contributed by atoms with Crippen LogP contribution in [0.2, 0.25) is 0 Å². The normalized spacial score (nSPS) is 24.5. The number of aromatic hydroxyl groups is 1. The zero-order valence-electron chi connectivity index (χ0n) is 25.4. The highest BCUT2D eigenvalue weighted by molar-refractivity contribution is 6.01. The lowest BCUT2D eigenvalue weighted by atomic mass is 9.76. The predicted molar refractivity (Wildman–Crippen MR) is 168 cm³/mol. The van der Waals surface area contributed by atoms with Crippen molar-refractivity contribution in [1.29, 1.82) is 0 Å². The van der Waals surface area contributed by atoms with Crippen molar-refractivity contribution in [3.8, 4) is 23.0 Å². The fourth-order valence-electron chi connectivity index (χ4n) is 7.86. The molecule has 10 heteroatoms. The fourth-order valence-corrected chi connectivity index (χ4v) is 7.86. The zero-order valence-corrected chi connectivity index (χ0v) is 25.4. The number of aliphatic hydroxyl groups is 1. The van der Waals surface area contributed by atoms with E-state index in [9.17, 15) is 10.2 Å². The topological polar surface area (TPSA) is 104 Å². The lowest BCUT2D eigenvalue weighted by Gasteiger charge is -2.44. The van der Waals surface area contributed by atoms with Gasteiger partial charge in [0.25, 0.3) is 0 Å². The molecule has 9 nitrogen and oxygen atoms in total. The summed E-state index contributed by atoms with van der Waals surface area (Å²) in [7, 11) is 2.19. The monoisotopic (exact) mass is 601 g/mol. The van der Waals surface area contributed by atoms with E-state index < -0.39 is 11.9 Å².